The first-order valence-corrected chi connectivity index (χ1v) is 6.72. The molecule has 0 radical (unpaired) electrons. The van der Waals surface area contributed by atoms with E-state index in [9.17, 15) is 4.79 Å². The lowest BCUT2D eigenvalue weighted by Crippen LogP contribution is -2.42. The molecule has 20 heavy (non-hydrogen) atoms. The number of hydrogen-bond donors (Lipinski definition) is 1. The second-order valence-electron chi connectivity index (χ2n) is 5.74. The molecule has 0 spiro atoms. The molecular weight excluding hydrogens is 252 g/mol. The maximum atomic E-state index is 12.4. The molecule has 1 fully saturated rings. The van der Waals surface area contributed by atoms with Gasteiger partial charge in [0.05, 0.1) is 11.6 Å². The van der Waals surface area contributed by atoms with Gasteiger partial charge in [-0.1, -0.05) is 6.07 Å². The summed E-state index contributed by atoms with van der Waals surface area (Å²) in [5.41, 5.74) is 0.290. The van der Waals surface area contributed by atoms with Gasteiger partial charge in [-0.3, -0.25) is 4.79 Å². The van der Waals surface area contributed by atoms with Crippen LogP contribution in [0, 0.1) is 11.3 Å². The van der Waals surface area contributed by atoms with Crippen LogP contribution in [-0.4, -0.2) is 20.8 Å². The lowest BCUT2D eigenvalue weighted by molar-refractivity contribution is 0.0926. The van der Waals surface area contributed by atoms with Crippen LogP contribution in [0.3, 0.4) is 0 Å². The Morgan fingerprint density at radius 1 is 1.50 bits per heavy atom. The van der Waals surface area contributed by atoms with E-state index in [-0.39, 0.29) is 5.91 Å². The minimum Gasteiger partial charge on any atom is -0.333 e. The van der Waals surface area contributed by atoms with Crippen molar-refractivity contribution < 1.29 is 4.79 Å². The van der Waals surface area contributed by atoms with Crippen molar-refractivity contribution in [1.82, 2.24) is 14.7 Å². The number of rotatable bonds is 3. The fourth-order valence-corrected chi connectivity index (χ4v) is 2.23. The number of nitrogens with one attached hydrogen (secondary N) is 1. The second-order valence-corrected chi connectivity index (χ2v) is 5.74. The van der Waals surface area contributed by atoms with Crippen molar-refractivity contribution in [3.05, 3.63) is 35.9 Å². The van der Waals surface area contributed by atoms with Gasteiger partial charge in [0.15, 0.2) is 5.69 Å². The van der Waals surface area contributed by atoms with E-state index in [0.717, 1.165) is 24.2 Å². The molecule has 0 aliphatic heterocycles. The molecule has 1 N–H and O–H groups in total. The first-order valence-electron chi connectivity index (χ1n) is 6.72. The summed E-state index contributed by atoms with van der Waals surface area (Å²) in [6, 6.07) is 7.77. The maximum Gasteiger partial charge on any atom is 0.273 e. The quantitative estimate of drug-likeness (QED) is 0.928. The lowest BCUT2D eigenvalue weighted by Gasteiger charge is -2.16. The summed E-state index contributed by atoms with van der Waals surface area (Å²) >= 11 is 0. The number of hydrogen-bond acceptors (Lipinski definition) is 3. The Hall–Kier alpha value is -2.35. The highest BCUT2D eigenvalue weighted by Gasteiger charge is 2.31. The topological polar surface area (TPSA) is 70.2 Å². The van der Waals surface area contributed by atoms with Crippen LogP contribution in [0.15, 0.2) is 24.4 Å². The zero-order valence-corrected chi connectivity index (χ0v) is 11.6. The predicted octanol–water partition coefficient (Wildman–Crippen LogP) is 2.24. The zero-order chi connectivity index (χ0) is 14.3. The molecule has 0 saturated heterocycles. The number of imidazole rings is 1. The number of nitriles is 1. The van der Waals surface area contributed by atoms with Gasteiger partial charge in [0.25, 0.3) is 5.91 Å². The van der Waals surface area contributed by atoms with Crippen molar-refractivity contribution in [2.75, 3.05) is 0 Å². The van der Waals surface area contributed by atoms with Gasteiger partial charge in [0.1, 0.15) is 11.4 Å². The summed E-state index contributed by atoms with van der Waals surface area (Å²) in [4.78, 5) is 16.9. The highest BCUT2D eigenvalue weighted by Crippen LogP contribution is 2.39. The molecule has 2 heterocycles. The average molecular weight is 268 g/mol. The molecule has 2 aromatic rings. The van der Waals surface area contributed by atoms with Gasteiger partial charge in [-0.2, -0.15) is 5.26 Å². The van der Waals surface area contributed by atoms with Crippen molar-refractivity contribution in [1.29, 1.82) is 5.26 Å². The number of fused-ring (bicyclic) bond motifs is 1. The lowest BCUT2D eigenvalue weighted by atomic mass is 10.1. The Morgan fingerprint density at radius 3 is 2.90 bits per heavy atom. The summed E-state index contributed by atoms with van der Waals surface area (Å²) in [6.45, 7) is 3.34. The van der Waals surface area contributed by atoms with Crippen molar-refractivity contribution in [3.8, 4) is 6.07 Å². The SMILES string of the molecule is CC(C)(C#N)NC(=O)c1nc(C2CC2)n2ccccc12. The van der Waals surface area contributed by atoms with Crippen LogP contribution < -0.4 is 5.32 Å². The molecule has 3 rings (SSSR count). The summed E-state index contributed by atoms with van der Waals surface area (Å²) < 4.78 is 1.98. The highest BCUT2D eigenvalue weighted by atomic mass is 16.2. The van der Waals surface area contributed by atoms with Crippen molar-refractivity contribution >= 4 is 11.4 Å². The van der Waals surface area contributed by atoms with Gasteiger partial charge >= 0.3 is 0 Å². The average Bonchev–Trinajstić information content (AvgIpc) is 3.19. The molecule has 0 aromatic carbocycles. The molecule has 0 unspecified atom stereocenters. The van der Waals surface area contributed by atoms with E-state index >= 15 is 0 Å². The van der Waals surface area contributed by atoms with Crippen LogP contribution in [0.2, 0.25) is 0 Å². The fourth-order valence-electron chi connectivity index (χ4n) is 2.23. The summed E-state index contributed by atoms with van der Waals surface area (Å²) in [5.74, 6) is 1.10. The van der Waals surface area contributed by atoms with Gasteiger partial charge in [0, 0.05) is 12.1 Å². The molecule has 2 aromatic heterocycles. The van der Waals surface area contributed by atoms with E-state index in [4.69, 9.17) is 5.26 Å². The van der Waals surface area contributed by atoms with Crippen molar-refractivity contribution in [2.24, 2.45) is 0 Å². The van der Waals surface area contributed by atoms with E-state index in [0.29, 0.717) is 11.6 Å². The van der Waals surface area contributed by atoms with Crippen molar-refractivity contribution in [2.45, 2.75) is 38.1 Å². The molecule has 1 aliphatic carbocycles. The smallest absolute Gasteiger partial charge is 0.273 e. The van der Waals surface area contributed by atoms with Gasteiger partial charge in [-0.15, -0.1) is 0 Å². The standard InChI is InChI=1S/C15H16N4O/c1-15(2,9-16)18-14(20)12-11-5-3-4-8-19(11)13(17-12)10-6-7-10/h3-5,8,10H,6-7H2,1-2H3,(H,18,20). The Bertz CT molecular complexity index is 719. The van der Waals surface area contributed by atoms with Gasteiger partial charge in [-0.05, 0) is 38.8 Å². The third-order valence-corrected chi connectivity index (χ3v) is 3.44. The first-order chi connectivity index (χ1) is 9.52. The van der Waals surface area contributed by atoms with Crippen LogP contribution in [0.1, 0.15) is 48.9 Å². The normalized spacial score (nSPS) is 15.1. The van der Waals surface area contributed by atoms with Crippen LogP contribution in [0.5, 0.6) is 0 Å². The number of pyridine rings is 1. The third kappa shape index (κ3) is 2.14. The molecular formula is C15H16N4O. The van der Waals surface area contributed by atoms with Crippen LogP contribution in [0.25, 0.3) is 5.52 Å². The largest absolute Gasteiger partial charge is 0.333 e. The van der Waals surface area contributed by atoms with Crippen molar-refractivity contribution in [3.63, 3.8) is 0 Å². The maximum absolute atomic E-state index is 12.4. The molecule has 5 nitrogen and oxygen atoms in total. The van der Waals surface area contributed by atoms with Crippen LogP contribution >= 0.6 is 0 Å². The Morgan fingerprint density at radius 2 is 2.25 bits per heavy atom. The molecule has 1 saturated carbocycles. The Kier molecular flexibility index (Phi) is 2.75. The van der Waals surface area contributed by atoms with E-state index < -0.39 is 5.54 Å². The van der Waals surface area contributed by atoms with E-state index in [2.05, 4.69) is 16.4 Å². The van der Waals surface area contributed by atoms with E-state index in [1.807, 2.05) is 28.8 Å². The summed E-state index contributed by atoms with van der Waals surface area (Å²) in [7, 11) is 0. The summed E-state index contributed by atoms with van der Waals surface area (Å²) in [6.07, 6.45) is 4.18. The number of carbonyl (C=O) groups is 1. The van der Waals surface area contributed by atoms with Gasteiger partial charge in [-0.25, -0.2) is 4.98 Å². The monoisotopic (exact) mass is 268 g/mol. The minimum atomic E-state index is -0.901. The minimum absolute atomic E-state index is 0.299. The molecule has 5 heteroatoms. The number of carbonyl (C=O) groups excluding carboxylic acids is 1. The Labute approximate surface area is 117 Å². The van der Waals surface area contributed by atoms with Gasteiger partial charge in [0.2, 0.25) is 0 Å². The zero-order valence-electron chi connectivity index (χ0n) is 11.6. The van der Waals surface area contributed by atoms with E-state index in [1.165, 1.54) is 0 Å². The first kappa shape index (κ1) is 12.7. The summed E-state index contributed by atoms with van der Waals surface area (Å²) in [5, 5.41) is 11.7. The third-order valence-electron chi connectivity index (χ3n) is 3.44. The van der Waals surface area contributed by atoms with Crippen LogP contribution in [-0.2, 0) is 0 Å². The second kappa shape index (κ2) is 4.34. The molecule has 1 amide bonds. The predicted molar refractivity (Wildman–Crippen MR) is 74.3 cm³/mol. The van der Waals surface area contributed by atoms with E-state index in [1.54, 1.807) is 13.8 Å². The highest BCUT2D eigenvalue weighted by molar-refractivity contribution is 5.99. The number of nitrogens with zero attached hydrogens (tertiary/aromatic N) is 3. The number of aromatic nitrogens is 2. The van der Waals surface area contributed by atoms with Crippen LogP contribution in [0.4, 0.5) is 0 Å². The number of amides is 1. The van der Waals surface area contributed by atoms with Gasteiger partial charge < -0.3 is 9.72 Å². The fraction of sp³-hybridized carbons (Fsp3) is 0.400. The molecule has 0 bridgehead atoms. The molecule has 1 aliphatic rings. The molecule has 102 valence electrons. The molecule has 0 atom stereocenters. The Balaban J connectivity index is 2.04.